The zero-order valence-electron chi connectivity index (χ0n) is 13.1. The molecule has 0 atom stereocenters. The molecule has 2 heteroatoms. The van der Waals surface area contributed by atoms with Crippen LogP contribution in [0.5, 0.6) is 0 Å². The molecule has 0 unspecified atom stereocenters. The van der Waals surface area contributed by atoms with Gasteiger partial charge in [-0.15, -0.1) is 0 Å². The van der Waals surface area contributed by atoms with E-state index in [-0.39, 0.29) is 0 Å². The molecule has 3 aromatic rings. The van der Waals surface area contributed by atoms with Crippen molar-refractivity contribution in [2.24, 2.45) is 0 Å². The van der Waals surface area contributed by atoms with Gasteiger partial charge in [0.1, 0.15) is 0 Å². The number of hydrogen-bond donors (Lipinski definition) is 0. The van der Waals surface area contributed by atoms with Crippen molar-refractivity contribution in [3.05, 3.63) is 102 Å². The van der Waals surface area contributed by atoms with Crippen LogP contribution in [0.25, 0.3) is 0 Å². The first-order chi connectivity index (χ1) is 11.4. The second kappa shape index (κ2) is 8.69. The third-order valence-electron chi connectivity index (χ3n) is 3.66. The molecule has 0 N–H and O–H groups in total. The Kier molecular flexibility index (Phi) is 6.05. The summed E-state index contributed by atoms with van der Waals surface area (Å²) in [7, 11) is 0. The van der Waals surface area contributed by atoms with Gasteiger partial charge in [-0.25, -0.2) is 0 Å². The molecular weight excluding hydrogens is 345 g/mol. The summed E-state index contributed by atoms with van der Waals surface area (Å²) < 4.78 is 1.46. The molecule has 0 spiro atoms. The number of rotatable bonds is 7. The molecule has 0 saturated carbocycles. The topological polar surface area (TPSA) is 3.24 Å². The van der Waals surface area contributed by atoms with E-state index in [2.05, 4.69) is 95.9 Å². The van der Waals surface area contributed by atoms with Crippen LogP contribution in [0.1, 0.15) is 11.1 Å². The first kappa shape index (κ1) is 16.0. The van der Waals surface area contributed by atoms with Gasteiger partial charge in [-0.2, -0.15) is 0 Å². The van der Waals surface area contributed by atoms with Gasteiger partial charge in [0.2, 0.25) is 0 Å². The Morgan fingerprint density at radius 3 is 1.48 bits per heavy atom. The predicted molar refractivity (Wildman–Crippen MR) is 98.8 cm³/mol. The second-order valence-electron chi connectivity index (χ2n) is 5.54. The van der Waals surface area contributed by atoms with E-state index < -0.39 is 0 Å². The molecule has 3 rings (SSSR count). The third kappa shape index (κ3) is 5.37. The minimum absolute atomic E-state index is 0.477. The molecule has 1 nitrogen and oxygen atoms in total. The van der Waals surface area contributed by atoms with E-state index in [0.717, 1.165) is 18.5 Å². The Morgan fingerprint density at radius 1 is 0.565 bits per heavy atom. The maximum absolute atomic E-state index is 2.55. The molecule has 0 aliphatic carbocycles. The molecule has 23 heavy (non-hydrogen) atoms. The van der Waals surface area contributed by atoms with Crippen molar-refractivity contribution in [2.45, 2.75) is 13.1 Å². The summed E-state index contributed by atoms with van der Waals surface area (Å²) in [6.07, 6.45) is 0. The van der Waals surface area contributed by atoms with Gasteiger partial charge >= 0.3 is 145 Å². The summed E-state index contributed by atoms with van der Waals surface area (Å²) in [5.74, 6) is 0. The Hall–Kier alpha value is -1.86. The van der Waals surface area contributed by atoms with Gasteiger partial charge in [0.15, 0.2) is 0 Å². The SMILES string of the molecule is c1ccc(CN(C[Se]c2ccccc2)Cc2ccccc2)cc1. The Morgan fingerprint density at radius 2 is 1.00 bits per heavy atom. The van der Waals surface area contributed by atoms with Gasteiger partial charge in [-0.05, 0) is 0 Å². The monoisotopic (exact) mass is 367 g/mol. The fourth-order valence-corrected chi connectivity index (χ4v) is 4.33. The third-order valence-corrected chi connectivity index (χ3v) is 5.96. The molecule has 0 fully saturated rings. The van der Waals surface area contributed by atoms with Crippen LogP contribution in [0, 0.1) is 0 Å². The first-order valence-electron chi connectivity index (χ1n) is 7.88. The van der Waals surface area contributed by atoms with Crippen molar-refractivity contribution in [2.75, 3.05) is 5.44 Å². The molecule has 3 aromatic carbocycles. The molecule has 0 heterocycles. The van der Waals surface area contributed by atoms with E-state index in [0.29, 0.717) is 15.0 Å². The van der Waals surface area contributed by atoms with Gasteiger partial charge in [0.05, 0.1) is 0 Å². The van der Waals surface area contributed by atoms with Crippen LogP contribution in [-0.4, -0.2) is 25.3 Å². The van der Waals surface area contributed by atoms with E-state index in [4.69, 9.17) is 0 Å². The molecule has 0 amide bonds. The normalized spacial score (nSPS) is 10.8. The Labute approximate surface area is 145 Å². The Balaban J connectivity index is 1.67. The number of benzene rings is 3. The summed E-state index contributed by atoms with van der Waals surface area (Å²) in [5, 5.41) is 0. The number of nitrogens with zero attached hydrogens (tertiary/aromatic N) is 1. The summed E-state index contributed by atoms with van der Waals surface area (Å²) in [6.45, 7) is 2.01. The second-order valence-corrected chi connectivity index (χ2v) is 7.68. The zero-order chi connectivity index (χ0) is 15.7. The van der Waals surface area contributed by atoms with E-state index in [9.17, 15) is 0 Å². The fourth-order valence-electron chi connectivity index (χ4n) is 2.51. The van der Waals surface area contributed by atoms with E-state index >= 15 is 0 Å². The Bertz CT molecular complexity index is 641. The first-order valence-corrected chi connectivity index (χ1v) is 9.95. The molecule has 0 aromatic heterocycles. The van der Waals surface area contributed by atoms with Gasteiger partial charge in [0, 0.05) is 0 Å². The van der Waals surface area contributed by atoms with Crippen LogP contribution in [0.2, 0.25) is 0 Å². The molecular formula is C21H21NSe. The quantitative estimate of drug-likeness (QED) is 0.577. The summed E-state index contributed by atoms with van der Waals surface area (Å²) >= 11 is 0.477. The molecule has 0 bridgehead atoms. The summed E-state index contributed by atoms with van der Waals surface area (Å²) in [6, 6.07) is 32.4. The summed E-state index contributed by atoms with van der Waals surface area (Å²) in [5.41, 5.74) is 3.89. The average molecular weight is 366 g/mol. The standard InChI is InChI=1S/C21H21NSe/c1-4-10-19(11-5-1)16-22(17-20-12-6-2-7-13-20)18-23-21-14-8-3-9-15-21/h1-15H,16-18H2. The maximum atomic E-state index is 2.55. The molecule has 0 aliphatic rings. The summed E-state index contributed by atoms with van der Waals surface area (Å²) in [4.78, 5) is 2.55. The van der Waals surface area contributed by atoms with Crippen molar-refractivity contribution in [3.8, 4) is 0 Å². The van der Waals surface area contributed by atoms with Crippen LogP contribution in [-0.2, 0) is 13.1 Å². The fraction of sp³-hybridized carbons (Fsp3) is 0.143. The van der Waals surface area contributed by atoms with Crippen molar-refractivity contribution in [1.82, 2.24) is 4.90 Å². The van der Waals surface area contributed by atoms with Crippen molar-refractivity contribution < 1.29 is 0 Å². The van der Waals surface area contributed by atoms with Gasteiger partial charge in [-0.1, -0.05) is 0 Å². The van der Waals surface area contributed by atoms with Crippen molar-refractivity contribution >= 4 is 19.4 Å². The molecule has 0 saturated heterocycles. The van der Waals surface area contributed by atoms with Crippen molar-refractivity contribution in [3.63, 3.8) is 0 Å². The van der Waals surface area contributed by atoms with Gasteiger partial charge < -0.3 is 0 Å². The van der Waals surface area contributed by atoms with Gasteiger partial charge in [0.25, 0.3) is 0 Å². The minimum atomic E-state index is 0.477. The number of hydrogen-bond acceptors (Lipinski definition) is 1. The van der Waals surface area contributed by atoms with Gasteiger partial charge in [-0.3, -0.25) is 0 Å². The van der Waals surface area contributed by atoms with E-state index in [1.165, 1.54) is 15.6 Å². The predicted octanol–water partition coefficient (Wildman–Crippen LogP) is 3.68. The molecule has 116 valence electrons. The average Bonchev–Trinajstić information content (AvgIpc) is 2.62. The zero-order valence-corrected chi connectivity index (χ0v) is 14.9. The van der Waals surface area contributed by atoms with Crippen LogP contribution in [0.15, 0.2) is 91.0 Å². The van der Waals surface area contributed by atoms with Crippen LogP contribution >= 0.6 is 0 Å². The van der Waals surface area contributed by atoms with Crippen LogP contribution in [0.3, 0.4) is 0 Å². The van der Waals surface area contributed by atoms with E-state index in [1.54, 1.807) is 0 Å². The van der Waals surface area contributed by atoms with E-state index in [1.807, 2.05) is 0 Å². The van der Waals surface area contributed by atoms with Crippen LogP contribution in [0.4, 0.5) is 0 Å². The molecule has 0 aliphatic heterocycles. The molecule has 0 radical (unpaired) electrons. The van der Waals surface area contributed by atoms with Crippen LogP contribution < -0.4 is 4.46 Å². The van der Waals surface area contributed by atoms with Crippen molar-refractivity contribution in [1.29, 1.82) is 0 Å².